The highest BCUT2D eigenvalue weighted by atomic mass is 35.5. The maximum atomic E-state index is 6.59. The Bertz CT molecular complexity index is 1440. The van der Waals surface area contributed by atoms with Crippen molar-refractivity contribution in [2.45, 2.75) is 0 Å². The summed E-state index contributed by atoms with van der Waals surface area (Å²) in [7, 11) is 0. The number of rotatable bonds is 5. The summed E-state index contributed by atoms with van der Waals surface area (Å²) < 4.78 is 11.4. The van der Waals surface area contributed by atoms with Crippen LogP contribution in [-0.4, -0.2) is 41.3 Å². The molecular formula is C28H23ClN4O2. The molecule has 6 rings (SSSR count). The number of fused-ring (bicyclic) bond motifs is 1. The Kier molecular flexibility index (Phi) is 5.82. The molecule has 3 heterocycles. The van der Waals surface area contributed by atoms with Crippen LogP contribution in [0.3, 0.4) is 0 Å². The van der Waals surface area contributed by atoms with E-state index >= 15 is 0 Å². The van der Waals surface area contributed by atoms with Crippen LogP contribution in [0.15, 0.2) is 84.9 Å². The predicted molar refractivity (Wildman–Crippen MR) is 139 cm³/mol. The van der Waals surface area contributed by atoms with Crippen molar-refractivity contribution in [1.82, 2.24) is 15.0 Å². The minimum Gasteiger partial charge on any atom is -0.426 e. The molecule has 6 nitrogen and oxygen atoms in total. The number of halogens is 1. The number of pyridine rings is 1. The molecule has 1 saturated heterocycles. The number of hydrogen-bond acceptors (Lipinski definition) is 5. The number of ether oxygens (including phenoxy) is 2. The van der Waals surface area contributed by atoms with Crippen molar-refractivity contribution in [3.8, 4) is 34.1 Å². The summed E-state index contributed by atoms with van der Waals surface area (Å²) in [6.45, 7) is 3.31. The Morgan fingerprint density at radius 2 is 1.49 bits per heavy atom. The van der Waals surface area contributed by atoms with Crippen LogP contribution in [0.5, 0.6) is 11.8 Å². The van der Waals surface area contributed by atoms with E-state index in [1.807, 2.05) is 60.7 Å². The molecular weight excluding hydrogens is 460 g/mol. The quantitative estimate of drug-likeness (QED) is 0.307. The molecule has 1 fully saturated rings. The average Bonchev–Trinajstić information content (AvgIpc) is 3.30. The van der Waals surface area contributed by atoms with E-state index in [-0.39, 0.29) is 0 Å². The van der Waals surface area contributed by atoms with Gasteiger partial charge in [-0.05, 0) is 41.5 Å². The molecule has 5 aromatic rings. The van der Waals surface area contributed by atoms with Gasteiger partial charge in [-0.3, -0.25) is 0 Å². The third-order valence-electron chi connectivity index (χ3n) is 6.10. The third kappa shape index (κ3) is 4.58. The maximum Gasteiger partial charge on any atom is 0.301 e. The Balaban J connectivity index is 1.22. The van der Waals surface area contributed by atoms with Crippen molar-refractivity contribution < 1.29 is 9.47 Å². The smallest absolute Gasteiger partial charge is 0.301 e. The van der Waals surface area contributed by atoms with Crippen molar-refractivity contribution in [2.24, 2.45) is 0 Å². The monoisotopic (exact) mass is 482 g/mol. The van der Waals surface area contributed by atoms with Crippen molar-refractivity contribution in [3.05, 3.63) is 90.0 Å². The molecule has 0 spiro atoms. The number of H-pyrrole nitrogens is 1. The number of hydrogen-bond donors (Lipinski definition) is 1. The van der Waals surface area contributed by atoms with Crippen molar-refractivity contribution in [2.75, 3.05) is 31.2 Å². The van der Waals surface area contributed by atoms with Crippen LogP contribution in [0.25, 0.3) is 33.5 Å². The molecule has 0 saturated carbocycles. The van der Waals surface area contributed by atoms with Crippen molar-refractivity contribution in [1.29, 1.82) is 0 Å². The van der Waals surface area contributed by atoms with Crippen LogP contribution >= 0.6 is 11.6 Å². The van der Waals surface area contributed by atoms with Gasteiger partial charge in [-0.1, -0.05) is 66.2 Å². The number of anilines is 1. The van der Waals surface area contributed by atoms with E-state index in [1.165, 1.54) is 5.69 Å². The summed E-state index contributed by atoms with van der Waals surface area (Å²) in [6.07, 6.45) is 0. The van der Waals surface area contributed by atoms with Gasteiger partial charge in [0.15, 0.2) is 5.65 Å². The summed E-state index contributed by atoms with van der Waals surface area (Å²) in [5, 5.41) is 0.555. The highest BCUT2D eigenvalue weighted by molar-refractivity contribution is 6.33. The number of nitrogens with zero attached hydrogens (tertiary/aromatic N) is 3. The van der Waals surface area contributed by atoms with Gasteiger partial charge in [0.25, 0.3) is 0 Å². The molecule has 0 amide bonds. The van der Waals surface area contributed by atoms with Crippen LogP contribution in [0.1, 0.15) is 0 Å². The number of morpholine rings is 1. The minimum absolute atomic E-state index is 0.371. The van der Waals surface area contributed by atoms with E-state index < -0.39 is 0 Å². The second kappa shape index (κ2) is 9.41. The van der Waals surface area contributed by atoms with Gasteiger partial charge < -0.3 is 19.4 Å². The number of nitrogens with one attached hydrogen (secondary N) is 1. The Morgan fingerprint density at radius 1 is 0.800 bits per heavy atom. The molecule has 3 aromatic carbocycles. The summed E-state index contributed by atoms with van der Waals surface area (Å²) >= 11 is 6.59. The minimum atomic E-state index is 0.371. The Labute approximate surface area is 208 Å². The highest BCUT2D eigenvalue weighted by Crippen LogP contribution is 2.32. The van der Waals surface area contributed by atoms with Crippen LogP contribution < -0.4 is 9.64 Å². The fourth-order valence-electron chi connectivity index (χ4n) is 4.26. The van der Waals surface area contributed by atoms with Gasteiger partial charge in [0.2, 0.25) is 0 Å². The van der Waals surface area contributed by atoms with E-state index in [0.29, 0.717) is 28.1 Å². The molecule has 0 atom stereocenters. The summed E-state index contributed by atoms with van der Waals surface area (Å²) in [6, 6.07) is 28.6. The first kappa shape index (κ1) is 21.6. The van der Waals surface area contributed by atoms with E-state index in [2.05, 4.69) is 39.1 Å². The van der Waals surface area contributed by atoms with E-state index in [0.717, 1.165) is 48.5 Å². The Hall–Kier alpha value is -3.87. The van der Waals surface area contributed by atoms with E-state index in [9.17, 15) is 0 Å². The second-order valence-corrected chi connectivity index (χ2v) is 8.78. The number of aromatic amines is 1. The SMILES string of the molecule is Clc1cc2[nH]c(Oc3ccc(-c4ccccc4)cc3)nc2nc1-c1ccc(N2CCOCC2)cc1. The van der Waals surface area contributed by atoms with Gasteiger partial charge in [-0.25, -0.2) is 4.98 Å². The van der Waals surface area contributed by atoms with Crippen LogP contribution in [0.2, 0.25) is 5.02 Å². The zero-order valence-corrected chi connectivity index (χ0v) is 19.7. The molecule has 0 radical (unpaired) electrons. The lowest BCUT2D eigenvalue weighted by Gasteiger charge is -2.28. The summed E-state index contributed by atoms with van der Waals surface area (Å²) in [5.74, 6) is 0.689. The molecule has 1 aliphatic heterocycles. The zero-order chi connectivity index (χ0) is 23.6. The number of imidazole rings is 1. The first-order chi connectivity index (χ1) is 17.2. The molecule has 0 unspecified atom stereocenters. The maximum absolute atomic E-state index is 6.59. The Morgan fingerprint density at radius 3 is 2.23 bits per heavy atom. The van der Waals surface area contributed by atoms with Crippen molar-refractivity contribution >= 4 is 28.5 Å². The lowest BCUT2D eigenvalue weighted by molar-refractivity contribution is 0.122. The largest absolute Gasteiger partial charge is 0.426 e. The van der Waals surface area contributed by atoms with E-state index in [4.69, 9.17) is 26.1 Å². The normalized spacial score (nSPS) is 13.8. The average molecular weight is 483 g/mol. The fourth-order valence-corrected chi connectivity index (χ4v) is 4.52. The molecule has 0 bridgehead atoms. The highest BCUT2D eigenvalue weighted by Gasteiger charge is 2.15. The van der Waals surface area contributed by atoms with Gasteiger partial charge in [-0.2, -0.15) is 4.98 Å². The van der Waals surface area contributed by atoms with Gasteiger partial charge in [-0.15, -0.1) is 0 Å². The van der Waals surface area contributed by atoms with Gasteiger partial charge in [0, 0.05) is 24.3 Å². The zero-order valence-electron chi connectivity index (χ0n) is 18.9. The molecule has 2 aromatic heterocycles. The summed E-state index contributed by atoms with van der Waals surface area (Å²) in [4.78, 5) is 14.7. The second-order valence-electron chi connectivity index (χ2n) is 8.37. The molecule has 1 N–H and O–H groups in total. The van der Waals surface area contributed by atoms with Gasteiger partial charge in [0.1, 0.15) is 5.75 Å². The van der Waals surface area contributed by atoms with Crippen molar-refractivity contribution in [3.63, 3.8) is 0 Å². The van der Waals surface area contributed by atoms with Gasteiger partial charge >= 0.3 is 6.01 Å². The third-order valence-corrected chi connectivity index (χ3v) is 6.39. The number of aromatic nitrogens is 3. The van der Waals surface area contributed by atoms with E-state index in [1.54, 1.807) is 0 Å². The van der Waals surface area contributed by atoms with Crippen LogP contribution in [0.4, 0.5) is 5.69 Å². The molecule has 1 aliphatic rings. The first-order valence-corrected chi connectivity index (χ1v) is 11.9. The topological polar surface area (TPSA) is 63.3 Å². The molecule has 7 heteroatoms. The predicted octanol–water partition coefficient (Wildman–Crippen LogP) is 6.57. The van der Waals surface area contributed by atoms with Crippen LogP contribution in [0, 0.1) is 0 Å². The molecule has 0 aliphatic carbocycles. The molecule has 35 heavy (non-hydrogen) atoms. The fraction of sp³-hybridized carbons (Fsp3) is 0.143. The van der Waals surface area contributed by atoms with Crippen LogP contribution in [-0.2, 0) is 4.74 Å². The van der Waals surface area contributed by atoms with Gasteiger partial charge in [0.05, 0.1) is 29.4 Å². The standard InChI is InChI=1S/C28H23ClN4O2/c29-24-18-25-27(31-26(24)21-6-10-22(11-7-21)33-14-16-34-17-15-33)32-28(30-25)35-23-12-8-20(9-13-23)19-4-2-1-3-5-19/h1-13,18H,14-17H2,(H,30,31,32). The number of benzene rings is 3. The lowest BCUT2D eigenvalue weighted by atomic mass is 10.1. The first-order valence-electron chi connectivity index (χ1n) is 11.6. The lowest BCUT2D eigenvalue weighted by Crippen LogP contribution is -2.36. The molecule has 174 valence electrons. The summed E-state index contributed by atoms with van der Waals surface area (Å²) in [5.41, 5.74) is 6.36.